The second kappa shape index (κ2) is 5.94. The van der Waals surface area contributed by atoms with E-state index in [0.29, 0.717) is 24.0 Å². The van der Waals surface area contributed by atoms with Crippen LogP contribution >= 0.6 is 0 Å². The summed E-state index contributed by atoms with van der Waals surface area (Å²) in [6, 6.07) is 3.41. The minimum Gasteiger partial charge on any atom is -0.465 e. The Morgan fingerprint density at radius 2 is 2.11 bits per heavy atom. The van der Waals surface area contributed by atoms with E-state index in [4.69, 9.17) is 9.47 Å². The molecule has 0 aliphatic heterocycles. The molecule has 0 fully saturated rings. The highest BCUT2D eigenvalue weighted by atomic mass is 16.6. The first-order valence-corrected chi connectivity index (χ1v) is 5.80. The van der Waals surface area contributed by atoms with Gasteiger partial charge in [0.1, 0.15) is 5.69 Å². The molecule has 0 bridgehead atoms. The number of carbonyl (C=O) groups is 1. The van der Waals surface area contributed by atoms with Gasteiger partial charge in [0.05, 0.1) is 6.61 Å². The van der Waals surface area contributed by atoms with Crippen LogP contribution in [0.3, 0.4) is 0 Å². The fourth-order valence-electron chi connectivity index (χ4n) is 1.49. The van der Waals surface area contributed by atoms with Gasteiger partial charge >= 0.3 is 5.97 Å². The third kappa shape index (κ3) is 3.27. The number of hydrogen-bond donors (Lipinski definition) is 0. The SMILES string of the molecule is CCOC(=O)COc1cc(-c2ncccn2)n(C)n1. The molecule has 0 aliphatic carbocycles. The van der Waals surface area contributed by atoms with Gasteiger partial charge in [-0.15, -0.1) is 5.10 Å². The normalized spacial score (nSPS) is 10.2. The Labute approximate surface area is 110 Å². The number of ether oxygens (including phenoxy) is 2. The molecule has 0 aromatic carbocycles. The van der Waals surface area contributed by atoms with E-state index in [1.165, 1.54) is 0 Å². The lowest BCUT2D eigenvalue weighted by Gasteiger charge is -2.01. The van der Waals surface area contributed by atoms with Crippen LogP contribution in [0.4, 0.5) is 0 Å². The van der Waals surface area contributed by atoms with Crippen molar-refractivity contribution < 1.29 is 14.3 Å². The predicted molar refractivity (Wildman–Crippen MR) is 66.4 cm³/mol. The first-order chi connectivity index (χ1) is 9.20. The van der Waals surface area contributed by atoms with Crippen molar-refractivity contribution in [3.63, 3.8) is 0 Å². The van der Waals surface area contributed by atoms with Gasteiger partial charge in [0.25, 0.3) is 0 Å². The number of nitrogens with zero attached hydrogens (tertiary/aromatic N) is 4. The summed E-state index contributed by atoms with van der Waals surface area (Å²) < 4.78 is 11.6. The van der Waals surface area contributed by atoms with E-state index in [1.807, 2.05) is 0 Å². The summed E-state index contributed by atoms with van der Waals surface area (Å²) >= 11 is 0. The first-order valence-electron chi connectivity index (χ1n) is 5.80. The molecule has 0 saturated carbocycles. The van der Waals surface area contributed by atoms with Gasteiger partial charge in [-0.05, 0) is 13.0 Å². The van der Waals surface area contributed by atoms with Gasteiger partial charge in [-0.2, -0.15) is 0 Å². The molecule has 0 N–H and O–H groups in total. The summed E-state index contributed by atoms with van der Waals surface area (Å²) in [6.45, 7) is 1.90. The second-order valence-corrected chi connectivity index (χ2v) is 3.66. The Morgan fingerprint density at radius 1 is 1.37 bits per heavy atom. The van der Waals surface area contributed by atoms with Crippen molar-refractivity contribution >= 4 is 5.97 Å². The number of aromatic nitrogens is 4. The van der Waals surface area contributed by atoms with Crippen molar-refractivity contribution in [3.05, 3.63) is 24.5 Å². The Bertz CT molecular complexity index is 553. The number of rotatable bonds is 5. The van der Waals surface area contributed by atoms with Crippen molar-refractivity contribution in [1.29, 1.82) is 0 Å². The summed E-state index contributed by atoms with van der Waals surface area (Å²) in [4.78, 5) is 19.4. The molecular weight excluding hydrogens is 248 g/mol. The van der Waals surface area contributed by atoms with Crippen LogP contribution in [0.5, 0.6) is 5.88 Å². The van der Waals surface area contributed by atoms with Gasteiger partial charge in [-0.3, -0.25) is 4.68 Å². The molecular formula is C12H14N4O3. The average molecular weight is 262 g/mol. The zero-order valence-electron chi connectivity index (χ0n) is 10.7. The molecule has 7 nitrogen and oxygen atoms in total. The van der Waals surface area contributed by atoms with Crippen molar-refractivity contribution in [1.82, 2.24) is 19.7 Å². The van der Waals surface area contributed by atoms with Gasteiger partial charge in [0.15, 0.2) is 12.4 Å². The van der Waals surface area contributed by atoms with E-state index in [-0.39, 0.29) is 6.61 Å². The van der Waals surface area contributed by atoms with Gasteiger partial charge < -0.3 is 9.47 Å². The van der Waals surface area contributed by atoms with Crippen LogP contribution in [0, 0.1) is 0 Å². The fraction of sp³-hybridized carbons (Fsp3) is 0.333. The van der Waals surface area contributed by atoms with Crippen LogP contribution in [-0.4, -0.2) is 38.9 Å². The fourth-order valence-corrected chi connectivity index (χ4v) is 1.49. The van der Waals surface area contributed by atoms with Crippen molar-refractivity contribution in [3.8, 4) is 17.4 Å². The van der Waals surface area contributed by atoms with Gasteiger partial charge in [-0.25, -0.2) is 14.8 Å². The molecule has 100 valence electrons. The van der Waals surface area contributed by atoms with Gasteiger partial charge in [0, 0.05) is 25.5 Å². The van der Waals surface area contributed by atoms with Crippen LogP contribution in [0.25, 0.3) is 11.5 Å². The molecule has 2 aromatic heterocycles. The Morgan fingerprint density at radius 3 is 2.79 bits per heavy atom. The highest BCUT2D eigenvalue weighted by molar-refractivity contribution is 5.71. The van der Waals surface area contributed by atoms with Gasteiger partial charge in [0.2, 0.25) is 5.88 Å². The maximum Gasteiger partial charge on any atom is 0.344 e. The number of esters is 1. The standard InChI is InChI=1S/C12H14N4O3/c1-3-18-11(17)8-19-10-7-9(16(2)15-10)12-13-5-4-6-14-12/h4-7H,3,8H2,1-2H3. The highest BCUT2D eigenvalue weighted by Gasteiger charge is 2.11. The summed E-state index contributed by atoms with van der Waals surface area (Å²) in [5, 5.41) is 4.13. The molecule has 0 radical (unpaired) electrons. The van der Waals surface area contributed by atoms with Crippen LogP contribution in [-0.2, 0) is 16.6 Å². The topological polar surface area (TPSA) is 79.1 Å². The molecule has 0 amide bonds. The molecule has 0 atom stereocenters. The summed E-state index contributed by atoms with van der Waals surface area (Å²) in [5.74, 6) is 0.451. The third-order valence-corrected chi connectivity index (χ3v) is 2.30. The van der Waals surface area contributed by atoms with Crippen molar-refractivity contribution in [2.45, 2.75) is 6.92 Å². The van der Waals surface area contributed by atoms with Crippen LogP contribution in [0.1, 0.15) is 6.92 Å². The highest BCUT2D eigenvalue weighted by Crippen LogP contribution is 2.19. The number of aryl methyl sites for hydroxylation is 1. The minimum absolute atomic E-state index is 0.167. The maximum atomic E-state index is 11.2. The molecule has 0 unspecified atom stereocenters. The van der Waals surface area contributed by atoms with E-state index in [0.717, 1.165) is 0 Å². The quantitative estimate of drug-likeness (QED) is 0.742. The smallest absolute Gasteiger partial charge is 0.344 e. The summed E-state index contributed by atoms with van der Waals surface area (Å²) in [5.41, 5.74) is 0.708. The third-order valence-electron chi connectivity index (χ3n) is 2.30. The lowest BCUT2D eigenvalue weighted by molar-refractivity contribution is -0.145. The molecule has 2 heterocycles. The van der Waals surface area contributed by atoms with Crippen LogP contribution in [0.2, 0.25) is 0 Å². The Hall–Kier alpha value is -2.44. The van der Waals surface area contributed by atoms with Crippen molar-refractivity contribution in [2.24, 2.45) is 7.05 Å². The zero-order chi connectivity index (χ0) is 13.7. The maximum absolute atomic E-state index is 11.2. The molecule has 0 aliphatic rings. The number of hydrogen-bond acceptors (Lipinski definition) is 6. The Kier molecular flexibility index (Phi) is 4.07. The Balaban J connectivity index is 2.07. The monoisotopic (exact) mass is 262 g/mol. The number of carbonyl (C=O) groups excluding carboxylic acids is 1. The lowest BCUT2D eigenvalue weighted by Crippen LogP contribution is -2.14. The molecule has 19 heavy (non-hydrogen) atoms. The van der Waals surface area contributed by atoms with E-state index in [9.17, 15) is 4.79 Å². The van der Waals surface area contributed by atoms with E-state index >= 15 is 0 Å². The van der Waals surface area contributed by atoms with E-state index in [2.05, 4.69) is 15.1 Å². The lowest BCUT2D eigenvalue weighted by atomic mass is 10.4. The minimum atomic E-state index is -0.425. The van der Waals surface area contributed by atoms with E-state index < -0.39 is 5.97 Å². The first kappa shape index (κ1) is 13.0. The molecule has 2 rings (SSSR count). The van der Waals surface area contributed by atoms with Gasteiger partial charge in [-0.1, -0.05) is 0 Å². The average Bonchev–Trinajstić information content (AvgIpc) is 2.79. The van der Waals surface area contributed by atoms with Crippen LogP contribution < -0.4 is 4.74 Å². The summed E-state index contributed by atoms with van der Waals surface area (Å²) in [7, 11) is 1.75. The molecule has 0 saturated heterocycles. The predicted octanol–water partition coefficient (Wildman–Crippen LogP) is 0.819. The molecule has 2 aromatic rings. The van der Waals surface area contributed by atoms with Crippen molar-refractivity contribution in [2.75, 3.05) is 13.2 Å². The molecule has 7 heteroatoms. The van der Waals surface area contributed by atoms with E-state index in [1.54, 1.807) is 43.2 Å². The zero-order valence-corrected chi connectivity index (χ0v) is 10.7. The molecule has 0 spiro atoms. The second-order valence-electron chi connectivity index (χ2n) is 3.66. The summed E-state index contributed by atoms with van der Waals surface area (Å²) in [6.07, 6.45) is 3.29. The van der Waals surface area contributed by atoms with Crippen LogP contribution in [0.15, 0.2) is 24.5 Å². The largest absolute Gasteiger partial charge is 0.465 e.